The minimum atomic E-state index is -3.58. The van der Waals surface area contributed by atoms with E-state index in [1.807, 2.05) is 54.6 Å². The Morgan fingerprint density at radius 2 is 1.58 bits per heavy atom. The number of nitrogens with one attached hydrogen (secondary N) is 2. The van der Waals surface area contributed by atoms with E-state index < -0.39 is 10.0 Å². The van der Waals surface area contributed by atoms with Gasteiger partial charge in [0.15, 0.2) is 0 Å². The largest absolute Gasteiger partial charge is 0.489 e. The van der Waals surface area contributed by atoms with Crippen LogP contribution in [0.4, 0.5) is 0 Å². The topological polar surface area (TPSA) is 84.5 Å². The van der Waals surface area contributed by atoms with E-state index in [-0.39, 0.29) is 16.8 Å². The van der Waals surface area contributed by atoms with Crippen LogP contribution in [-0.4, -0.2) is 20.4 Å². The smallest absolute Gasteiger partial charge is 0.251 e. The maximum absolute atomic E-state index is 12.5. The standard InChI is InChI=1S/C24H26N2O4S/c1-18(2)26-31(28,29)23-13-11-21(12-14-23)24(27)25-16-19-7-6-8-20(15-19)17-30-22-9-4-3-5-10-22/h3-15,18,26H,16-17H2,1-2H3,(H,25,27). The van der Waals surface area contributed by atoms with E-state index in [0.717, 1.165) is 16.9 Å². The van der Waals surface area contributed by atoms with Crippen LogP contribution in [0, 0.1) is 0 Å². The van der Waals surface area contributed by atoms with E-state index >= 15 is 0 Å². The van der Waals surface area contributed by atoms with Crippen molar-refractivity contribution in [2.24, 2.45) is 0 Å². The summed E-state index contributed by atoms with van der Waals surface area (Å²) in [6.45, 7) is 4.30. The Morgan fingerprint density at radius 3 is 2.26 bits per heavy atom. The van der Waals surface area contributed by atoms with Crippen LogP contribution < -0.4 is 14.8 Å². The molecule has 0 radical (unpaired) electrons. The Morgan fingerprint density at radius 1 is 0.903 bits per heavy atom. The second-order valence-corrected chi connectivity index (χ2v) is 9.12. The SMILES string of the molecule is CC(C)NS(=O)(=O)c1ccc(C(=O)NCc2cccc(COc3ccccc3)c2)cc1. The van der Waals surface area contributed by atoms with Gasteiger partial charge in [-0.2, -0.15) is 0 Å². The predicted molar refractivity (Wildman–Crippen MR) is 120 cm³/mol. The van der Waals surface area contributed by atoms with E-state index in [0.29, 0.717) is 18.7 Å². The van der Waals surface area contributed by atoms with Gasteiger partial charge in [-0.25, -0.2) is 13.1 Å². The maximum atomic E-state index is 12.5. The van der Waals surface area contributed by atoms with Gasteiger partial charge in [-0.3, -0.25) is 4.79 Å². The fourth-order valence-corrected chi connectivity index (χ4v) is 4.21. The number of benzene rings is 3. The molecular weight excluding hydrogens is 412 g/mol. The van der Waals surface area contributed by atoms with Crippen LogP contribution in [-0.2, 0) is 23.2 Å². The summed E-state index contributed by atoms with van der Waals surface area (Å²) < 4.78 is 32.7. The Hall–Kier alpha value is -3.16. The summed E-state index contributed by atoms with van der Waals surface area (Å²) >= 11 is 0. The van der Waals surface area contributed by atoms with Gasteiger partial charge in [-0.1, -0.05) is 42.5 Å². The summed E-state index contributed by atoms with van der Waals surface area (Å²) in [5.74, 6) is 0.530. The van der Waals surface area contributed by atoms with Gasteiger partial charge >= 0.3 is 0 Å². The van der Waals surface area contributed by atoms with Crippen LogP contribution in [0.3, 0.4) is 0 Å². The molecule has 0 saturated carbocycles. The lowest BCUT2D eigenvalue weighted by molar-refractivity contribution is 0.0951. The summed E-state index contributed by atoms with van der Waals surface area (Å²) in [6.07, 6.45) is 0. The van der Waals surface area contributed by atoms with Crippen LogP contribution in [0.15, 0.2) is 83.8 Å². The van der Waals surface area contributed by atoms with Gasteiger partial charge in [0.05, 0.1) is 4.90 Å². The summed E-state index contributed by atoms with van der Waals surface area (Å²) in [7, 11) is -3.58. The normalized spacial score (nSPS) is 11.3. The highest BCUT2D eigenvalue weighted by Gasteiger charge is 2.16. The number of carbonyl (C=O) groups excluding carboxylic acids is 1. The van der Waals surface area contributed by atoms with Crippen molar-refractivity contribution in [3.05, 3.63) is 95.6 Å². The average molecular weight is 439 g/mol. The third-order valence-electron chi connectivity index (χ3n) is 4.41. The number of ether oxygens (including phenoxy) is 1. The second kappa shape index (κ2) is 10.2. The van der Waals surface area contributed by atoms with E-state index in [4.69, 9.17) is 4.74 Å². The van der Waals surface area contributed by atoms with Crippen molar-refractivity contribution in [1.82, 2.24) is 10.0 Å². The fourth-order valence-electron chi connectivity index (χ4n) is 2.96. The molecule has 6 nitrogen and oxygen atoms in total. The number of para-hydroxylation sites is 1. The highest BCUT2D eigenvalue weighted by Crippen LogP contribution is 2.14. The molecule has 3 rings (SSSR count). The van der Waals surface area contributed by atoms with E-state index in [1.165, 1.54) is 24.3 Å². The zero-order chi connectivity index (χ0) is 22.3. The third kappa shape index (κ3) is 6.67. The molecule has 0 spiro atoms. The van der Waals surface area contributed by atoms with Gasteiger partial charge in [-0.05, 0) is 61.4 Å². The van der Waals surface area contributed by atoms with Crippen LogP contribution in [0.25, 0.3) is 0 Å². The monoisotopic (exact) mass is 438 g/mol. The van der Waals surface area contributed by atoms with Crippen molar-refractivity contribution in [1.29, 1.82) is 0 Å². The van der Waals surface area contributed by atoms with Crippen LogP contribution in [0.5, 0.6) is 5.75 Å². The summed E-state index contributed by atoms with van der Waals surface area (Å²) in [6, 6.07) is 23.1. The third-order valence-corrected chi connectivity index (χ3v) is 6.09. The molecule has 0 saturated heterocycles. The van der Waals surface area contributed by atoms with E-state index in [2.05, 4.69) is 10.0 Å². The van der Waals surface area contributed by atoms with Gasteiger partial charge in [0.25, 0.3) is 5.91 Å². The maximum Gasteiger partial charge on any atom is 0.251 e. The van der Waals surface area contributed by atoms with Gasteiger partial charge in [-0.15, -0.1) is 0 Å². The highest BCUT2D eigenvalue weighted by atomic mass is 32.2. The minimum Gasteiger partial charge on any atom is -0.489 e. The summed E-state index contributed by atoms with van der Waals surface area (Å²) in [5, 5.41) is 2.86. The van der Waals surface area contributed by atoms with Crippen LogP contribution in [0.2, 0.25) is 0 Å². The number of carbonyl (C=O) groups is 1. The number of rotatable bonds is 9. The van der Waals surface area contributed by atoms with Crippen molar-refractivity contribution in [2.75, 3.05) is 0 Å². The quantitative estimate of drug-likeness (QED) is 0.531. The van der Waals surface area contributed by atoms with Gasteiger partial charge in [0, 0.05) is 18.2 Å². The zero-order valence-corrected chi connectivity index (χ0v) is 18.4. The van der Waals surface area contributed by atoms with Gasteiger partial charge in [0.2, 0.25) is 10.0 Å². The molecule has 1 amide bonds. The van der Waals surface area contributed by atoms with Crippen LogP contribution >= 0.6 is 0 Å². The lowest BCUT2D eigenvalue weighted by Crippen LogP contribution is -2.30. The Labute approximate surface area is 183 Å². The molecular formula is C24H26N2O4S. The first kappa shape index (κ1) is 22.5. The molecule has 0 aliphatic carbocycles. The Bertz CT molecular complexity index is 1110. The molecule has 0 unspecified atom stereocenters. The first-order valence-corrected chi connectivity index (χ1v) is 11.5. The van der Waals surface area contributed by atoms with Crippen molar-refractivity contribution in [3.63, 3.8) is 0 Å². The van der Waals surface area contributed by atoms with Crippen molar-refractivity contribution in [3.8, 4) is 5.75 Å². The summed E-state index contributed by atoms with van der Waals surface area (Å²) in [5.41, 5.74) is 2.35. The zero-order valence-electron chi connectivity index (χ0n) is 17.5. The predicted octanol–water partition coefficient (Wildman–Crippen LogP) is 3.88. The molecule has 3 aromatic rings. The second-order valence-electron chi connectivity index (χ2n) is 7.40. The molecule has 0 aliphatic heterocycles. The van der Waals surface area contributed by atoms with Crippen LogP contribution in [0.1, 0.15) is 35.3 Å². The average Bonchev–Trinajstić information content (AvgIpc) is 2.76. The van der Waals surface area contributed by atoms with Crippen molar-refractivity contribution < 1.29 is 17.9 Å². The summed E-state index contributed by atoms with van der Waals surface area (Å²) in [4.78, 5) is 12.6. The molecule has 162 valence electrons. The van der Waals surface area contributed by atoms with Gasteiger partial charge < -0.3 is 10.1 Å². The molecule has 0 aromatic heterocycles. The number of hydrogen-bond acceptors (Lipinski definition) is 4. The molecule has 0 aliphatic rings. The molecule has 2 N–H and O–H groups in total. The highest BCUT2D eigenvalue weighted by molar-refractivity contribution is 7.89. The fraction of sp³-hybridized carbons (Fsp3) is 0.208. The molecule has 0 bridgehead atoms. The van der Waals surface area contributed by atoms with Crippen molar-refractivity contribution in [2.45, 2.75) is 37.9 Å². The molecule has 7 heteroatoms. The van der Waals surface area contributed by atoms with Gasteiger partial charge in [0.1, 0.15) is 12.4 Å². The molecule has 0 atom stereocenters. The lowest BCUT2D eigenvalue weighted by Gasteiger charge is -2.11. The first-order chi connectivity index (χ1) is 14.8. The molecule has 0 heterocycles. The number of hydrogen-bond donors (Lipinski definition) is 2. The van der Waals surface area contributed by atoms with E-state index in [9.17, 15) is 13.2 Å². The Balaban J connectivity index is 1.57. The molecule has 0 fully saturated rings. The number of amides is 1. The first-order valence-electron chi connectivity index (χ1n) is 10.00. The minimum absolute atomic E-state index is 0.129. The Kier molecular flexibility index (Phi) is 7.44. The molecule has 3 aromatic carbocycles. The number of sulfonamides is 1. The van der Waals surface area contributed by atoms with E-state index in [1.54, 1.807) is 13.8 Å². The lowest BCUT2D eigenvalue weighted by atomic mass is 10.1. The molecule has 31 heavy (non-hydrogen) atoms. The van der Waals surface area contributed by atoms with Crippen molar-refractivity contribution >= 4 is 15.9 Å².